The van der Waals surface area contributed by atoms with Gasteiger partial charge < -0.3 is 4.42 Å². The SMILES string of the molecule is FC(F)(F)c1cccc2[c]coc12. The predicted octanol–water partition coefficient (Wildman–Crippen LogP) is 3.25. The molecule has 0 N–H and O–H groups in total. The van der Waals surface area contributed by atoms with Gasteiger partial charge in [0.1, 0.15) is 5.58 Å². The maximum atomic E-state index is 12.3. The number of furan rings is 1. The van der Waals surface area contributed by atoms with E-state index in [1.54, 1.807) is 0 Å². The number of rotatable bonds is 0. The lowest BCUT2D eigenvalue weighted by Gasteiger charge is -2.05. The maximum Gasteiger partial charge on any atom is 0.420 e. The lowest BCUT2D eigenvalue weighted by atomic mass is 10.1. The summed E-state index contributed by atoms with van der Waals surface area (Å²) in [6.45, 7) is 0. The molecule has 0 aliphatic rings. The quantitative estimate of drug-likeness (QED) is 0.614. The summed E-state index contributed by atoms with van der Waals surface area (Å²) in [7, 11) is 0. The number of hydrogen-bond donors (Lipinski definition) is 0. The van der Waals surface area contributed by atoms with Crippen molar-refractivity contribution in [1.82, 2.24) is 0 Å². The number of fused-ring (bicyclic) bond motifs is 1. The Morgan fingerprint density at radius 1 is 1.23 bits per heavy atom. The standard InChI is InChI=1S/C9H4F3O/c10-9(11,12)7-3-1-2-6-4-5-13-8(6)7/h1-3,5H. The summed E-state index contributed by atoms with van der Waals surface area (Å²) < 4.78 is 41.7. The van der Waals surface area contributed by atoms with Crippen LogP contribution in [0.25, 0.3) is 11.0 Å². The van der Waals surface area contributed by atoms with E-state index in [0.29, 0.717) is 5.39 Å². The molecule has 0 fully saturated rings. The Morgan fingerprint density at radius 3 is 2.69 bits per heavy atom. The number of alkyl halides is 3. The molecule has 0 saturated heterocycles. The van der Waals surface area contributed by atoms with Crippen LogP contribution in [-0.2, 0) is 6.18 Å². The molecule has 2 aromatic rings. The van der Waals surface area contributed by atoms with Gasteiger partial charge in [-0.1, -0.05) is 12.1 Å². The van der Waals surface area contributed by atoms with Gasteiger partial charge in [0.2, 0.25) is 0 Å². The van der Waals surface area contributed by atoms with Crippen LogP contribution in [0.3, 0.4) is 0 Å². The molecule has 0 amide bonds. The highest BCUT2D eigenvalue weighted by Gasteiger charge is 2.33. The first-order valence-electron chi connectivity index (χ1n) is 3.54. The molecule has 2 rings (SSSR count). The molecular formula is C9H4F3O. The van der Waals surface area contributed by atoms with Crippen LogP contribution in [-0.4, -0.2) is 0 Å². The van der Waals surface area contributed by atoms with Gasteiger partial charge in [-0.15, -0.1) is 0 Å². The van der Waals surface area contributed by atoms with Gasteiger partial charge in [-0.05, 0) is 6.07 Å². The van der Waals surface area contributed by atoms with E-state index in [4.69, 9.17) is 4.42 Å². The molecule has 1 heterocycles. The van der Waals surface area contributed by atoms with Crippen LogP contribution in [0.1, 0.15) is 5.56 Å². The summed E-state index contributed by atoms with van der Waals surface area (Å²) in [4.78, 5) is 0. The van der Waals surface area contributed by atoms with Crippen molar-refractivity contribution in [2.24, 2.45) is 0 Å². The zero-order valence-electron chi connectivity index (χ0n) is 6.35. The molecule has 1 aromatic heterocycles. The Balaban J connectivity index is 2.75. The number of hydrogen-bond acceptors (Lipinski definition) is 1. The van der Waals surface area contributed by atoms with Crippen molar-refractivity contribution in [2.45, 2.75) is 6.18 Å². The maximum absolute atomic E-state index is 12.3. The van der Waals surface area contributed by atoms with Crippen LogP contribution in [0.5, 0.6) is 0 Å². The van der Waals surface area contributed by atoms with Crippen LogP contribution in [0.4, 0.5) is 13.2 Å². The van der Waals surface area contributed by atoms with Crippen molar-refractivity contribution in [3.05, 3.63) is 36.1 Å². The Kier molecular flexibility index (Phi) is 1.58. The first-order chi connectivity index (χ1) is 6.09. The van der Waals surface area contributed by atoms with Gasteiger partial charge in [-0.2, -0.15) is 13.2 Å². The largest absolute Gasteiger partial charge is 0.463 e. The number of para-hydroxylation sites is 1. The summed E-state index contributed by atoms with van der Waals surface area (Å²) in [5.74, 6) is 0. The van der Waals surface area contributed by atoms with Gasteiger partial charge >= 0.3 is 6.18 Å². The smallest absolute Gasteiger partial charge is 0.420 e. The van der Waals surface area contributed by atoms with E-state index < -0.39 is 11.7 Å². The highest BCUT2D eigenvalue weighted by Crippen LogP contribution is 2.34. The van der Waals surface area contributed by atoms with E-state index in [1.165, 1.54) is 12.1 Å². The molecule has 0 aliphatic carbocycles. The summed E-state index contributed by atoms with van der Waals surface area (Å²) in [6.07, 6.45) is -3.24. The molecule has 0 saturated carbocycles. The fraction of sp³-hybridized carbons (Fsp3) is 0.111. The molecule has 1 aromatic carbocycles. The molecule has 13 heavy (non-hydrogen) atoms. The van der Waals surface area contributed by atoms with Crippen LogP contribution < -0.4 is 0 Å². The van der Waals surface area contributed by atoms with Crippen molar-refractivity contribution < 1.29 is 17.6 Å². The third-order valence-electron chi connectivity index (χ3n) is 1.71. The summed E-state index contributed by atoms with van der Waals surface area (Å²) in [6, 6.07) is 6.40. The average molecular weight is 185 g/mol. The topological polar surface area (TPSA) is 13.1 Å². The van der Waals surface area contributed by atoms with E-state index in [0.717, 1.165) is 12.3 Å². The zero-order valence-corrected chi connectivity index (χ0v) is 6.35. The molecule has 1 nitrogen and oxygen atoms in total. The van der Waals surface area contributed by atoms with Crippen molar-refractivity contribution in [2.75, 3.05) is 0 Å². The molecule has 1 radical (unpaired) electrons. The van der Waals surface area contributed by atoms with Crippen LogP contribution in [0.2, 0.25) is 0 Å². The van der Waals surface area contributed by atoms with Gasteiger partial charge in [-0.25, -0.2) is 0 Å². The first kappa shape index (κ1) is 8.16. The lowest BCUT2D eigenvalue weighted by Crippen LogP contribution is -2.04. The normalized spacial score (nSPS) is 12.2. The van der Waals surface area contributed by atoms with E-state index in [-0.39, 0.29) is 5.58 Å². The van der Waals surface area contributed by atoms with Crippen molar-refractivity contribution in [3.8, 4) is 0 Å². The molecule has 67 valence electrons. The Labute approximate surface area is 71.8 Å². The molecule has 0 unspecified atom stereocenters. The van der Waals surface area contributed by atoms with E-state index in [9.17, 15) is 13.2 Å². The van der Waals surface area contributed by atoms with Crippen molar-refractivity contribution in [1.29, 1.82) is 0 Å². The second-order valence-electron chi connectivity index (χ2n) is 2.56. The predicted molar refractivity (Wildman–Crippen MR) is 40.1 cm³/mol. The third-order valence-corrected chi connectivity index (χ3v) is 1.71. The second kappa shape index (κ2) is 2.52. The van der Waals surface area contributed by atoms with Gasteiger partial charge in [0.15, 0.2) is 0 Å². The summed E-state index contributed by atoms with van der Waals surface area (Å²) in [5.41, 5.74) is -0.916. The lowest BCUT2D eigenvalue weighted by molar-refractivity contribution is -0.136. The van der Waals surface area contributed by atoms with E-state index in [1.807, 2.05) is 0 Å². The van der Waals surface area contributed by atoms with E-state index >= 15 is 0 Å². The van der Waals surface area contributed by atoms with Gasteiger partial charge in [-0.3, -0.25) is 0 Å². The number of halogens is 3. The summed E-state index contributed by atoms with van der Waals surface area (Å²) >= 11 is 0. The molecule has 0 bridgehead atoms. The highest BCUT2D eigenvalue weighted by atomic mass is 19.4. The van der Waals surface area contributed by atoms with Crippen LogP contribution in [0.15, 0.2) is 28.9 Å². The second-order valence-corrected chi connectivity index (χ2v) is 2.56. The van der Waals surface area contributed by atoms with Crippen molar-refractivity contribution in [3.63, 3.8) is 0 Å². The van der Waals surface area contributed by atoms with Crippen molar-refractivity contribution >= 4 is 11.0 Å². The van der Waals surface area contributed by atoms with Gasteiger partial charge in [0.05, 0.1) is 11.8 Å². The number of benzene rings is 1. The zero-order chi connectivity index (χ0) is 9.47. The molecule has 0 atom stereocenters. The first-order valence-corrected chi connectivity index (χ1v) is 3.54. The average Bonchev–Trinajstić information content (AvgIpc) is 2.48. The fourth-order valence-electron chi connectivity index (χ4n) is 1.15. The van der Waals surface area contributed by atoms with Gasteiger partial charge in [0, 0.05) is 11.5 Å². The minimum absolute atomic E-state index is 0.157. The fourth-order valence-corrected chi connectivity index (χ4v) is 1.15. The summed E-state index contributed by atoms with van der Waals surface area (Å²) in [5, 5.41) is 0.342. The minimum atomic E-state index is -4.37. The molecule has 0 aliphatic heterocycles. The Morgan fingerprint density at radius 2 is 2.00 bits per heavy atom. The highest BCUT2D eigenvalue weighted by molar-refractivity contribution is 5.80. The molecular weight excluding hydrogens is 181 g/mol. The van der Waals surface area contributed by atoms with E-state index in [2.05, 4.69) is 6.07 Å². The Hall–Kier alpha value is -1.45. The Bertz CT molecular complexity index is 428. The minimum Gasteiger partial charge on any atom is -0.463 e. The third kappa shape index (κ3) is 1.28. The molecule has 0 spiro atoms. The van der Waals surface area contributed by atoms with Crippen LogP contribution in [0, 0.1) is 6.07 Å². The van der Waals surface area contributed by atoms with Gasteiger partial charge in [0.25, 0.3) is 0 Å². The van der Waals surface area contributed by atoms with Crippen LogP contribution >= 0.6 is 0 Å². The molecule has 4 heteroatoms. The monoisotopic (exact) mass is 185 g/mol.